The monoisotopic (exact) mass is 375 g/mol. The predicted molar refractivity (Wildman–Crippen MR) is 99.3 cm³/mol. The Morgan fingerprint density at radius 1 is 1.21 bits per heavy atom. The highest BCUT2D eigenvalue weighted by Gasteiger charge is 2.23. The van der Waals surface area contributed by atoms with E-state index in [4.69, 9.17) is 11.6 Å². The number of benzene rings is 1. The van der Waals surface area contributed by atoms with E-state index in [1.165, 1.54) is 4.31 Å². The third-order valence-electron chi connectivity index (χ3n) is 3.47. The van der Waals surface area contributed by atoms with E-state index < -0.39 is 10.0 Å². The molecule has 0 radical (unpaired) electrons. The number of carbonyl (C=O) groups is 1. The normalized spacial score (nSPS) is 11.6. The van der Waals surface area contributed by atoms with E-state index in [0.29, 0.717) is 17.3 Å². The highest BCUT2D eigenvalue weighted by molar-refractivity contribution is 7.92. The number of nitrogens with zero attached hydrogens (tertiary/aromatic N) is 2. The first-order valence-corrected chi connectivity index (χ1v) is 9.91. The van der Waals surface area contributed by atoms with E-state index >= 15 is 0 Å². The van der Waals surface area contributed by atoms with Gasteiger partial charge in [-0.25, -0.2) is 8.42 Å². The summed E-state index contributed by atoms with van der Waals surface area (Å²) in [7, 11) is 0.288. The summed E-state index contributed by atoms with van der Waals surface area (Å²) in [5.74, 6) is -0.189. The second kappa shape index (κ2) is 8.69. The van der Waals surface area contributed by atoms with Crippen molar-refractivity contribution in [2.75, 3.05) is 44.3 Å². The topological polar surface area (TPSA) is 69.7 Å². The second-order valence-corrected chi connectivity index (χ2v) is 8.46. The molecule has 0 spiro atoms. The Labute approximate surface area is 149 Å². The van der Waals surface area contributed by atoms with Crippen LogP contribution in [0.5, 0.6) is 0 Å². The molecule has 1 rings (SSSR count). The zero-order valence-corrected chi connectivity index (χ0v) is 16.5. The lowest BCUT2D eigenvalue weighted by molar-refractivity contribution is -0.120. The molecule has 1 N–H and O–H groups in total. The van der Waals surface area contributed by atoms with Gasteiger partial charge in [-0.05, 0) is 45.1 Å². The van der Waals surface area contributed by atoms with Gasteiger partial charge in [0.25, 0.3) is 0 Å². The molecule has 0 bridgehead atoms. The fourth-order valence-electron chi connectivity index (χ4n) is 2.38. The summed E-state index contributed by atoms with van der Waals surface area (Å²) in [5.41, 5.74) is 2.15. The van der Waals surface area contributed by atoms with Gasteiger partial charge >= 0.3 is 0 Å². The summed E-state index contributed by atoms with van der Waals surface area (Å²) >= 11 is 6.26. The zero-order chi connectivity index (χ0) is 18.5. The number of likely N-dealkylation sites (N-methyl/N-ethyl adjacent to an activating group) is 1. The molecule has 8 heteroatoms. The van der Waals surface area contributed by atoms with Crippen LogP contribution in [0.1, 0.15) is 17.5 Å². The van der Waals surface area contributed by atoms with Gasteiger partial charge in [-0.2, -0.15) is 0 Å². The van der Waals surface area contributed by atoms with Gasteiger partial charge in [-0.3, -0.25) is 9.10 Å². The quantitative estimate of drug-likeness (QED) is 0.752. The molecule has 1 amide bonds. The number of aryl methyl sites for hydroxylation is 2. The number of hydrogen-bond donors (Lipinski definition) is 1. The van der Waals surface area contributed by atoms with Crippen molar-refractivity contribution in [3.8, 4) is 0 Å². The van der Waals surface area contributed by atoms with Gasteiger partial charge in [0.1, 0.15) is 0 Å². The van der Waals surface area contributed by atoms with Gasteiger partial charge < -0.3 is 10.2 Å². The van der Waals surface area contributed by atoms with Crippen molar-refractivity contribution < 1.29 is 13.2 Å². The largest absolute Gasteiger partial charge is 0.355 e. The van der Waals surface area contributed by atoms with E-state index in [0.717, 1.165) is 23.9 Å². The van der Waals surface area contributed by atoms with Crippen LogP contribution in [0.4, 0.5) is 5.69 Å². The van der Waals surface area contributed by atoms with Crippen LogP contribution < -0.4 is 9.62 Å². The van der Waals surface area contributed by atoms with Crippen LogP contribution in [0.2, 0.25) is 5.02 Å². The Balaban J connectivity index is 2.88. The van der Waals surface area contributed by atoms with Crippen molar-refractivity contribution in [3.05, 3.63) is 28.3 Å². The van der Waals surface area contributed by atoms with Crippen molar-refractivity contribution in [1.82, 2.24) is 10.2 Å². The second-order valence-electron chi connectivity index (χ2n) is 6.15. The van der Waals surface area contributed by atoms with Gasteiger partial charge in [-0.15, -0.1) is 0 Å². The zero-order valence-electron chi connectivity index (χ0n) is 14.9. The Morgan fingerprint density at radius 3 is 2.33 bits per heavy atom. The molecule has 0 saturated carbocycles. The highest BCUT2D eigenvalue weighted by atomic mass is 35.5. The molecule has 0 unspecified atom stereocenters. The molecule has 6 nitrogen and oxygen atoms in total. The molecule has 24 heavy (non-hydrogen) atoms. The molecule has 136 valence electrons. The number of nitrogens with one attached hydrogen (secondary N) is 1. The molecule has 0 heterocycles. The van der Waals surface area contributed by atoms with Crippen molar-refractivity contribution in [1.29, 1.82) is 0 Å². The summed E-state index contributed by atoms with van der Waals surface area (Å²) in [6.45, 7) is 5.00. The minimum Gasteiger partial charge on any atom is -0.355 e. The summed E-state index contributed by atoms with van der Waals surface area (Å²) < 4.78 is 25.5. The molecular weight excluding hydrogens is 350 g/mol. The first-order chi connectivity index (χ1) is 11.0. The Bertz CT molecular complexity index is 667. The summed E-state index contributed by atoms with van der Waals surface area (Å²) in [6.07, 6.45) is 1.19. The Hall–Kier alpha value is -1.31. The van der Waals surface area contributed by atoms with Crippen molar-refractivity contribution in [2.24, 2.45) is 0 Å². The fraction of sp³-hybridized carbons (Fsp3) is 0.562. The third kappa shape index (κ3) is 6.30. The number of sulfonamides is 1. The maximum absolute atomic E-state index is 12.2. The van der Waals surface area contributed by atoms with E-state index in [9.17, 15) is 13.2 Å². The van der Waals surface area contributed by atoms with Crippen LogP contribution in [0, 0.1) is 13.8 Å². The van der Waals surface area contributed by atoms with E-state index in [-0.39, 0.29) is 18.9 Å². The molecule has 0 aromatic heterocycles. The average Bonchev–Trinajstić information content (AvgIpc) is 2.39. The number of rotatable bonds is 8. The van der Waals surface area contributed by atoms with E-state index in [1.807, 2.05) is 38.9 Å². The van der Waals surface area contributed by atoms with Crippen LogP contribution >= 0.6 is 11.6 Å². The minimum absolute atomic E-state index is 0.0518. The molecule has 0 fully saturated rings. The molecule has 0 aliphatic heterocycles. The molecule has 0 aliphatic carbocycles. The van der Waals surface area contributed by atoms with Crippen molar-refractivity contribution in [2.45, 2.75) is 20.3 Å². The maximum atomic E-state index is 12.2. The average molecular weight is 376 g/mol. The number of anilines is 1. The fourth-order valence-corrected chi connectivity index (χ4v) is 3.85. The number of hydrogen-bond acceptors (Lipinski definition) is 4. The smallest absolute Gasteiger partial charge is 0.232 e. The maximum Gasteiger partial charge on any atom is 0.232 e. The summed E-state index contributed by atoms with van der Waals surface area (Å²) in [4.78, 5) is 13.9. The lowest BCUT2D eigenvalue weighted by Crippen LogP contribution is -2.37. The van der Waals surface area contributed by atoms with Crippen LogP contribution in [-0.2, 0) is 14.8 Å². The van der Waals surface area contributed by atoms with Crippen LogP contribution in [0.15, 0.2) is 12.1 Å². The molecular formula is C16H26ClN3O3S. The predicted octanol–water partition coefficient (Wildman–Crippen LogP) is 1.79. The molecule has 1 aromatic rings. The first-order valence-electron chi connectivity index (χ1n) is 7.68. The van der Waals surface area contributed by atoms with E-state index in [2.05, 4.69) is 5.32 Å². The summed E-state index contributed by atoms with van der Waals surface area (Å²) in [6, 6.07) is 3.59. The van der Waals surface area contributed by atoms with Crippen LogP contribution in [0.3, 0.4) is 0 Å². The number of halogens is 1. The van der Waals surface area contributed by atoms with Crippen LogP contribution in [0.25, 0.3) is 0 Å². The number of amides is 1. The summed E-state index contributed by atoms with van der Waals surface area (Å²) in [5, 5.41) is 3.14. The SMILES string of the molecule is Cc1cc(C)c(N(CCC(=O)NCCN(C)C)S(C)(=O)=O)c(Cl)c1. The van der Waals surface area contributed by atoms with Crippen molar-refractivity contribution in [3.63, 3.8) is 0 Å². The van der Waals surface area contributed by atoms with Gasteiger partial charge in [-0.1, -0.05) is 17.7 Å². The standard InChI is InChI=1S/C16H26ClN3O3S/c1-12-10-13(2)16(14(17)11-12)20(24(5,22)23)8-6-15(21)18-7-9-19(3)4/h10-11H,6-9H2,1-5H3,(H,18,21). The molecule has 0 aliphatic rings. The van der Waals surface area contributed by atoms with Crippen LogP contribution in [-0.4, -0.2) is 59.2 Å². The third-order valence-corrected chi connectivity index (χ3v) is 4.93. The van der Waals surface area contributed by atoms with Gasteiger partial charge in [0.15, 0.2) is 0 Å². The van der Waals surface area contributed by atoms with E-state index in [1.54, 1.807) is 6.07 Å². The molecule has 0 saturated heterocycles. The molecule has 1 aromatic carbocycles. The Kier molecular flexibility index (Phi) is 7.51. The lowest BCUT2D eigenvalue weighted by Gasteiger charge is -2.25. The van der Waals surface area contributed by atoms with Gasteiger partial charge in [0, 0.05) is 26.1 Å². The minimum atomic E-state index is -3.54. The first kappa shape index (κ1) is 20.7. The highest BCUT2D eigenvalue weighted by Crippen LogP contribution is 2.32. The Morgan fingerprint density at radius 2 is 1.83 bits per heavy atom. The van der Waals surface area contributed by atoms with Gasteiger partial charge in [0.05, 0.1) is 17.0 Å². The number of carbonyl (C=O) groups excluding carboxylic acids is 1. The van der Waals surface area contributed by atoms with Crippen molar-refractivity contribution >= 4 is 33.2 Å². The lowest BCUT2D eigenvalue weighted by atomic mass is 10.1. The molecule has 0 atom stereocenters. The van der Waals surface area contributed by atoms with Gasteiger partial charge in [0.2, 0.25) is 15.9 Å².